The minimum atomic E-state index is -0.431. The van der Waals surface area contributed by atoms with Crippen molar-refractivity contribution in [2.24, 2.45) is 0 Å². The highest BCUT2D eigenvalue weighted by molar-refractivity contribution is 5.86. The van der Waals surface area contributed by atoms with E-state index in [0.717, 1.165) is 16.7 Å². The molecule has 0 aliphatic rings. The molecular formula is C16H21NO3. The van der Waals surface area contributed by atoms with Crippen LogP contribution in [0.1, 0.15) is 27.2 Å². The monoisotopic (exact) mass is 275 g/mol. The molecular weight excluding hydrogens is 254 g/mol. The van der Waals surface area contributed by atoms with Gasteiger partial charge in [0.05, 0.1) is 19.0 Å². The molecule has 0 bridgehead atoms. The number of aromatic nitrogens is 1. The first-order valence-electron chi connectivity index (χ1n) is 6.74. The Morgan fingerprint density at radius 1 is 1.25 bits per heavy atom. The van der Waals surface area contributed by atoms with E-state index in [2.05, 4.69) is 0 Å². The number of nitrogens with zero attached hydrogens (tertiary/aromatic N) is 1. The van der Waals surface area contributed by atoms with Gasteiger partial charge in [-0.25, -0.2) is 0 Å². The Morgan fingerprint density at radius 3 is 2.65 bits per heavy atom. The molecule has 0 radical (unpaired) electrons. The molecule has 0 saturated heterocycles. The van der Waals surface area contributed by atoms with Crippen LogP contribution in [0.3, 0.4) is 0 Å². The standard InChI is InChI=1S/C16H21NO3/c1-16(2,3)20-15(18)9-11-17-10-8-12-13(17)6-5-7-14(12)19-4/h5-8,10H,9,11H2,1-4H3. The van der Waals surface area contributed by atoms with Gasteiger partial charge in [-0.1, -0.05) is 6.07 Å². The van der Waals surface area contributed by atoms with Gasteiger partial charge in [-0.3, -0.25) is 4.79 Å². The van der Waals surface area contributed by atoms with Gasteiger partial charge in [0.1, 0.15) is 11.4 Å². The molecule has 0 aliphatic heterocycles. The van der Waals surface area contributed by atoms with E-state index >= 15 is 0 Å². The Balaban J connectivity index is 2.09. The maximum atomic E-state index is 11.8. The van der Waals surface area contributed by atoms with Crippen LogP contribution in [0, 0.1) is 0 Å². The molecule has 4 nitrogen and oxygen atoms in total. The molecule has 1 heterocycles. The average Bonchev–Trinajstić information content (AvgIpc) is 2.77. The van der Waals surface area contributed by atoms with Crippen molar-refractivity contribution in [3.05, 3.63) is 30.5 Å². The second kappa shape index (κ2) is 5.57. The number of aryl methyl sites for hydroxylation is 1. The first-order valence-corrected chi connectivity index (χ1v) is 6.74. The molecule has 1 aromatic heterocycles. The Bertz CT molecular complexity index is 608. The summed E-state index contributed by atoms with van der Waals surface area (Å²) in [4.78, 5) is 11.8. The topological polar surface area (TPSA) is 40.5 Å². The number of hydrogen-bond acceptors (Lipinski definition) is 3. The van der Waals surface area contributed by atoms with E-state index in [0.29, 0.717) is 13.0 Å². The summed E-state index contributed by atoms with van der Waals surface area (Å²) >= 11 is 0. The third-order valence-corrected chi connectivity index (χ3v) is 2.97. The molecule has 1 aromatic carbocycles. The van der Waals surface area contributed by atoms with E-state index in [1.807, 2.05) is 55.8 Å². The average molecular weight is 275 g/mol. The van der Waals surface area contributed by atoms with E-state index < -0.39 is 5.60 Å². The maximum absolute atomic E-state index is 11.8. The number of hydrogen-bond donors (Lipinski definition) is 0. The van der Waals surface area contributed by atoms with Gasteiger partial charge in [-0.2, -0.15) is 0 Å². The fourth-order valence-electron chi connectivity index (χ4n) is 2.17. The van der Waals surface area contributed by atoms with Crippen LogP contribution < -0.4 is 4.74 Å². The fraction of sp³-hybridized carbons (Fsp3) is 0.438. The van der Waals surface area contributed by atoms with Crippen LogP contribution in [0.5, 0.6) is 5.75 Å². The predicted molar refractivity (Wildman–Crippen MR) is 79.0 cm³/mol. The quantitative estimate of drug-likeness (QED) is 0.803. The van der Waals surface area contributed by atoms with E-state index in [-0.39, 0.29) is 5.97 Å². The molecule has 0 saturated carbocycles. The normalized spacial score (nSPS) is 11.6. The van der Waals surface area contributed by atoms with E-state index in [1.54, 1.807) is 7.11 Å². The molecule has 0 spiro atoms. The van der Waals surface area contributed by atoms with Crippen LogP contribution in [-0.4, -0.2) is 23.2 Å². The van der Waals surface area contributed by atoms with Crippen molar-refractivity contribution >= 4 is 16.9 Å². The second-order valence-corrected chi connectivity index (χ2v) is 5.74. The highest BCUT2D eigenvalue weighted by atomic mass is 16.6. The van der Waals surface area contributed by atoms with Gasteiger partial charge in [0.25, 0.3) is 0 Å². The number of methoxy groups -OCH3 is 1. The summed E-state index contributed by atoms with van der Waals surface area (Å²) in [5.74, 6) is 0.667. The summed E-state index contributed by atoms with van der Waals surface area (Å²) in [5.41, 5.74) is 0.631. The molecule has 0 aliphatic carbocycles. The number of carbonyl (C=O) groups excluding carboxylic acids is 1. The number of ether oxygens (including phenoxy) is 2. The van der Waals surface area contributed by atoms with E-state index in [1.165, 1.54) is 0 Å². The van der Waals surface area contributed by atoms with Crippen molar-refractivity contribution in [1.82, 2.24) is 4.57 Å². The zero-order valence-corrected chi connectivity index (χ0v) is 12.5. The highest BCUT2D eigenvalue weighted by Crippen LogP contribution is 2.26. The number of fused-ring (bicyclic) bond motifs is 1. The zero-order valence-electron chi connectivity index (χ0n) is 12.5. The van der Waals surface area contributed by atoms with Gasteiger partial charge in [0.2, 0.25) is 0 Å². The largest absolute Gasteiger partial charge is 0.496 e. The molecule has 0 unspecified atom stereocenters. The molecule has 0 amide bonds. The van der Waals surface area contributed by atoms with Crippen LogP contribution in [0.15, 0.2) is 30.5 Å². The van der Waals surface area contributed by atoms with Gasteiger partial charge in [0.15, 0.2) is 0 Å². The summed E-state index contributed by atoms with van der Waals surface area (Å²) in [6, 6.07) is 7.90. The lowest BCUT2D eigenvalue weighted by atomic mass is 10.2. The Morgan fingerprint density at radius 2 is 2.00 bits per heavy atom. The molecule has 4 heteroatoms. The molecule has 0 N–H and O–H groups in total. The minimum absolute atomic E-state index is 0.178. The zero-order chi connectivity index (χ0) is 14.8. The van der Waals surface area contributed by atoms with Crippen molar-refractivity contribution in [2.45, 2.75) is 39.3 Å². The van der Waals surface area contributed by atoms with Crippen molar-refractivity contribution in [1.29, 1.82) is 0 Å². The number of esters is 1. The lowest BCUT2D eigenvalue weighted by Gasteiger charge is -2.19. The molecule has 0 atom stereocenters. The molecule has 2 aromatic rings. The first kappa shape index (κ1) is 14.4. The fourth-order valence-corrected chi connectivity index (χ4v) is 2.17. The SMILES string of the molecule is COc1cccc2c1ccn2CCC(=O)OC(C)(C)C. The number of benzene rings is 1. The minimum Gasteiger partial charge on any atom is -0.496 e. The lowest BCUT2D eigenvalue weighted by molar-refractivity contribution is -0.155. The van der Waals surface area contributed by atoms with Crippen molar-refractivity contribution in [3.63, 3.8) is 0 Å². The van der Waals surface area contributed by atoms with Gasteiger partial charge < -0.3 is 14.0 Å². The van der Waals surface area contributed by atoms with Gasteiger partial charge in [-0.05, 0) is 39.0 Å². The van der Waals surface area contributed by atoms with E-state index in [4.69, 9.17) is 9.47 Å². The molecule has 0 fully saturated rings. The summed E-state index contributed by atoms with van der Waals surface area (Å²) in [6.45, 7) is 6.23. The van der Waals surface area contributed by atoms with Gasteiger partial charge >= 0.3 is 5.97 Å². The van der Waals surface area contributed by atoms with Crippen molar-refractivity contribution in [2.75, 3.05) is 7.11 Å². The summed E-state index contributed by atoms with van der Waals surface area (Å²) in [5, 5.41) is 1.05. The lowest BCUT2D eigenvalue weighted by Crippen LogP contribution is -2.24. The van der Waals surface area contributed by atoms with Crippen LogP contribution in [0.2, 0.25) is 0 Å². The maximum Gasteiger partial charge on any atom is 0.308 e. The third kappa shape index (κ3) is 3.32. The van der Waals surface area contributed by atoms with Crippen molar-refractivity contribution < 1.29 is 14.3 Å². The van der Waals surface area contributed by atoms with Crippen molar-refractivity contribution in [3.8, 4) is 5.75 Å². The first-order chi connectivity index (χ1) is 9.40. The highest BCUT2D eigenvalue weighted by Gasteiger charge is 2.16. The Labute approximate surface area is 119 Å². The second-order valence-electron chi connectivity index (χ2n) is 5.74. The van der Waals surface area contributed by atoms with Crippen LogP contribution >= 0.6 is 0 Å². The Kier molecular flexibility index (Phi) is 4.02. The predicted octanol–water partition coefficient (Wildman–Crippen LogP) is 3.38. The summed E-state index contributed by atoms with van der Waals surface area (Å²) in [6.07, 6.45) is 2.33. The smallest absolute Gasteiger partial charge is 0.308 e. The van der Waals surface area contributed by atoms with Gasteiger partial charge in [-0.15, -0.1) is 0 Å². The van der Waals surface area contributed by atoms with Gasteiger partial charge in [0, 0.05) is 18.1 Å². The number of rotatable bonds is 4. The van der Waals surface area contributed by atoms with Crippen LogP contribution in [-0.2, 0) is 16.1 Å². The van der Waals surface area contributed by atoms with Crippen LogP contribution in [0.25, 0.3) is 10.9 Å². The van der Waals surface area contributed by atoms with E-state index in [9.17, 15) is 4.79 Å². The number of carbonyl (C=O) groups is 1. The molecule has 2 rings (SSSR count). The molecule has 20 heavy (non-hydrogen) atoms. The Hall–Kier alpha value is -1.97. The summed E-state index contributed by atoms with van der Waals surface area (Å²) in [7, 11) is 1.66. The third-order valence-electron chi connectivity index (χ3n) is 2.97. The summed E-state index contributed by atoms with van der Waals surface area (Å²) < 4.78 is 12.7. The van der Waals surface area contributed by atoms with Crippen LogP contribution in [0.4, 0.5) is 0 Å². The molecule has 108 valence electrons.